The van der Waals surface area contributed by atoms with Gasteiger partial charge in [0.25, 0.3) is 0 Å². The van der Waals surface area contributed by atoms with Crippen LogP contribution in [0, 0.1) is 0 Å². The molecule has 1 atom stereocenters. The van der Waals surface area contributed by atoms with Crippen LogP contribution in [0.15, 0.2) is 219 Å². The van der Waals surface area contributed by atoms with Gasteiger partial charge in [0.05, 0.1) is 22.4 Å². The van der Waals surface area contributed by atoms with E-state index in [1.54, 1.807) is 6.20 Å². The van der Waals surface area contributed by atoms with Crippen LogP contribution in [0.5, 0.6) is 0 Å². The Morgan fingerprint density at radius 3 is 1.86 bits per heavy atom. The van der Waals surface area contributed by atoms with E-state index in [1.807, 2.05) is 66.9 Å². The second kappa shape index (κ2) is 14.2. The van der Waals surface area contributed by atoms with Gasteiger partial charge in [0.2, 0.25) is 0 Å². The molecule has 0 saturated carbocycles. The number of halogens is 1. The summed E-state index contributed by atoms with van der Waals surface area (Å²) in [5, 5.41) is 7.26. The summed E-state index contributed by atoms with van der Waals surface area (Å²) in [5.41, 5.74) is 8.06. The van der Waals surface area contributed by atoms with Gasteiger partial charge in [-0.1, -0.05) is 146 Å². The molecule has 1 aliphatic heterocycles. The highest BCUT2D eigenvalue weighted by atomic mass is 28.3. The van der Waals surface area contributed by atoms with E-state index in [4.69, 9.17) is 4.98 Å². The third kappa shape index (κ3) is 5.48. The number of hydrogen-bond donors (Lipinski definition) is 0. The van der Waals surface area contributed by atoms with Gasteiger partial charge < -0.3 is 4.57 Å². The number of rotatable bonds is 7. The molecule has 0 spiro atoms. The summed E-state index contributed by atoms with van der Waals surface area (Å²) < 4.78 is 19.4. The zero-order chi connectivity index (χ0) is 39.3. The largest absolute Gasteiger partial charge is 0.309 e. The molecule has 59 heavy (non-hydrogen) atoms. The lowest BCUT2D eigenvalue weighted by Crippen LogP contribution is -2.77. The van der Waals surface area contributed by atoms with Crippen LogP contribution in [0.25, 0.3) is 38.8 Å². The fourth-order valence-electron chi connectivity index (χ4n) is 9.37. The van der Waals surface area contributed by atoms with Crippen LogP contribution in [-0.2, 0) is 0 Å². The highest BCUT2D eigenvalue weighted by Crippen LogP contribution is 2.46. The lowest BCUT2D eigenvalue weighted by molar-refractivity contribution is 0.402. The maximum absolute atomic E-state index is 17.1. The molecule has 0 aliphatic carbocycles. The number of aromatic nitrogens is 3. The first-order chi connectivity index (χ1) is 29.2. The van der Waals surface area contributed by atoms with Crippen molar-refractivity contribution in [1.29, 1.82) is 0 Å². The topological polar surface area (TPSA) is 34.0 Å². The number of pyridine rings is 2. The molecule has 3 aromatic heterocycles. The molecule has 0 radical (unpaired) electrons. The van der Waals surface area contributed by atoms with Gasteiger partial charge in [0.1, 0.15) is 5.82 Å². The summed E-state index contributed by atoms with van der Waals surface area (Å²) in [6.07, 6.45) is 2.29. The zero-order valence-electron chi connectivity index (χ0n) is 32.0. The van der Waals surface area contributed by atoms with Crippen molar-refractivity contribution in [2.45, 2.75) is 6.17 Å². The molecule has 0 fully saturated rings. The minimum Gasteiger partial charge on any atom is -0.309 e. The molecule has 6 heteroatoms. The average molecular weight is 777 g/mol. The van der Waals surface area contributed by atoms with Crippen LogP contribution in [0.1, 0.15) is 17.3 Å². The number of para-hydroxylation sites is 2. The molecular weight excluding hydrogens is 740 g/mol. The lowest BCUT2D eigenvalue weighted by Gasteiger charge is -2.44. The van der Waals surface area contributed by atoms with Crippen LogP contribution in [0.3, 0.4) is 0 Å². The first-order valence-electron chi connectivity index (χ1n) is 20.0. The Morgan fingerprint density at radius 2 is 1.12 bits per heavy atom. The SMILES string of the molecule is FC(c1cccc(-c2ccccn2)c1)c1cccc(N2c3ncccc3[Si](c3ccccc3)(c3ccccc3)c3ccc4c(c32)c2ccccc2n4-c2ccccc2)c1. The van der Waals surface area contributed by atoms with Crippen molar-refractivity contribution in [3.8, 4) is 16.9 Å². The number of benzene rings is 7. The van der Waals surface area contributed by atoms with Gasteiger partial charge in [-0.05, 0) is 92.5 Å². The van der Waals surface area contributed by atoms with Gasteiger partial charge in [0.15, 0.2) is 14.2 Å². The van der Waals surface area contributed by atoms with E-state index in [2.05, 4.69) is 160 Å². The molecule has 4 heterocycles. The van der Waals surface area contributed by atoms with E-state index in [-0.39, 0.29) is 0 Å². The number of anilines is 3. The minimum absolute atomic E-state index is 0.568. The van der Waals surface area contributed by atoms with E-state index in [9.17, 15) is 0 Å². The summed E-state index contributed by atoms with van der Waals surface area (Å²) >= 11 is 0. The Bertz CT molecular complexity index is 3090. The van der Waals surface area contributed by atoms with E-state index in [0.717, 1.165) is 55.9 Å². The van der Waals surface area contributed by atoms with Gasteiger partial charge in [0, 0.05) is 40.1 Å². The fraction of sp³-hybridized carbons (Fsp3) is 0.0189. The monoisotopic (exact) mass is 776 g/mol. The highest BCUT2D eigenvalue weighted by molar-refractivity contribution is 7.21. The third-order valence-electron chi connectivity index (χ3n) is 11.8. The Labute approximate surface area is 343 Å². The average Bonchev–Trinajstić information content (AvgIpc) is 3.66. The van der Waals surface area contributed by atoms with Crippen molar-refractivity contribution in [3.05, 3.63) is 230 Å². The van der Waals surface area contributed by atoms with E-state index in [1.165, 1.54) is 20.7 Å². The number of nitrogens with zero attached hydrogens (tertiary/aromatic N) is 4. The first kappa shape index (κ1) is 34.8. The highest BCUT2D eigenvalue weighted by Gasteiger charge is 2.50. The maximum atomic E-state index is 17.1. The molecule has 1 aliphatic rings. The molecule has 11 rings (SSSR count). The Hall–Kier alpha value is -7.41. The van der Waals surface area contributed by atoms with Crippen molar-refractivity contribution in [2.75, 3.05) is 4.90 Å². The molecule has 10 aromatic rings. The van der Waals surface area contributed by atoms with Gasteiger partial charge >= 0.3 is 0 Å². The van der Waals surface area contributed by atoms with Crippen LogP contribution in [-0.4, -0.2) is 22.6 Å². The van der Waals surface area contributed by atoms with Crippen LogP contribution >= 0.6 is 0 Å². The smallest absolute Gasteiger partial charge is 0.186 e. The fourth-order valence-corrected chi connectivity index (χ4v) is 14.4. The lowest BCUT2D eigenvalue weighted by atomic mass is 9.99. The minimum atomic E-state index is -3.05. The first-order valence-corrected chi connectivity index (χ1v) is 22.0. The van der Waals surface area contributed by atoms with Crippen molar-refractivity contribution < 1.29 is 4.39 Å². The van der Waals surface area contributed by atoms with Crippen LogP contribution < -0.4 is 25.6 Å². The Kier molecular flexibility index (Phi) is 8.38. The standard InChI is InChI=1S/C53H37FN4Si/c54-51(38-18-14-17-37(35-38)45-28-12-13-33-55-45)39-19-15-22-41(36-39)58-52-48(32-31-47-50(52)44-27-10-11-29-46(44)57(47)40-20-4-1-5-21-40)59(42-23-6-2-7-24-42,43-25-8-3-9-26-43)49-30-16-34-56-53(49)58/h1-36,51H. The summed E-state index contributed by atoms with van der Waals surface area (Å²) in [6, 6.07) is 71.7. The number of fused-ring (bicyclic) bond motifs is 6. The van der Waals surface area contributed by atoms with Crippen molar-refractivity contribution in [3.63, 3.8) is 0 Å². The normalized spacial score (nSPS) is 13.5. The molecule has 7 aromatic carbocycles. The number of hydrogen-bond acceptors (Lipinski definition) is 3. The van der Waals surface area contributed by atoms with Crippen molar-refractivity contribution in [1.82, 2.24) is 14.5 Å². The molecule has 0 amide bonds. The molecule has 4 nitrogen and oxygen atoms in total. The van der Waals surface area contributed by atoms with Gasteiger partial charge in [-0.15, -0.1) is 0 Å². The summed E-state index contributed by atoms with van der Waals surface area (Å²) in [6.45, 7) is 0. The quantitative estimate of drug-likeness (QED) is 0.151. The van der Waals surface area contributed by atoms with Crippen molar-refractivity contribution in [2.24, 2.45) is 0 Å². The Balaban J connectivity index is 1.22. The van der Waals surface area contributed by atoms with E-state index < -0.39 is 14.2 Å². The number of alkyl halides is 1. The molecule has 1 unspecified atom stereocenters. The maximum Gasteiger partial charge on any atom is 0.186 e. The Morgan fingerprint density at radius 1 is 0.475 bits per heavy atom. The van der Waals surface area contributed by atoms with Gasteiger partial charge in [-0.25, -0.2) is 9.37 Å². The van der Waals surface area contributed by atoms with Gasteiger partial charge in [-0.2, -0.15) is 0 Å². The van der Waals surface area contributed by atoms with Gasteiger partial charge in [-0.3, -0.25) is 9.88 Å². The van der Waals surface area contributed by atoms with E-state index >= 15 is 4.39 Å². The predicted octanol–water partition coefficient (Wildman–Crippen LogP) is 10.5. The van der Waals surface area contributed by atoms with Crippen LogP contribution in [0.2, 0.25) is 0 Å². The summed E-state index contributed by atoms with van der Waals surface area (Å²) in [4.78, 5) is 12.1. The molecular formula is C53H37FN4Si. The third-order valence-corrected chi connectivity index (χ3v) is 16.6. The zero-order valence-corrected chi connectivity index (χ0v) is 33.0. The van der Waals surface area contributed by atoms with E-state index in [0.29, 0.717) is 11.1 Å². The molecule has 0 saturated heterocycles. The van der Waals surface area contributed by atoms with Crippen molar-refractivity contribution >= 4 is 67.8 Å². The summed E-state index contributed by atoms with van der Waals surface area (Å²) in [5.74, 6) is 0.855. The second-order valence-electron chi connectivity index (χ2n) is 15.0. The molecule has 280 valence electrons. The molecule has 0 bridgehead atoms. The predicted molar refractivity (Wildman–Crippen MR) is 243 cm³/mol. The second-order valence-corrected chi connectivity index (χ2v) is 18.8. The van der Waals surface area contributed by atoms with Crippen LogP contribution in [0.4, 0.5) is 21.6 Å². The molecule has 0 N–H and O–H groups in total. The summed E-state index contributed by atoms with van der Waals surface area (Å²) in [7, 11) is -3.05.